The highest BCUT2D eigenvalue weighted by atomic mass is 16.8. The van der Waals surface area contributed by atoms with Crippen LogP contribution in [0.4, 0.5) is 0 Å². The molecule has 16 heavy (non-hydrogen) atoms. The highest BCUT2D eigenvalue weighted by Gasteiger charge is 2.06. The molecule has 1 aromatic rings. The molecule has 0 fully saturated rings. The van der Waals surface area contributed by atoms with Gasteiger partial charge in [0, 0.05) is 14.0 Å². The van der Waals surface area contributed by atoms with E-state index in [9.17, 15) is 4.79 Å². The van der Waals surface area contributed by atoms with Gasteiger partial charge in [-0.3, -0.25) is 4.79 Å². The first-order valence-electron chi connectivity index (χ1n) is 5.15. The van der Waals surface area contributed by atoms with Gasteiger partial charge in [0.25, 0.3) is 0 Å². The van der Waals surface area contributed by atoms with Crippen LogP contribution in [-0.4, -0.2) is 24.8 Å². The average Bonchev–Trinajstić information content (AvgIpc) is 2.29. The summed E-state index contributed by atoms with van der Waals surface area (Å²) in [7, 11) is 1.55. The van der Waals surface area contributed by atoms with Gasteiger partial charge in [-0.1, -0.05) is 30.3 Å². The Morgan fingerprint density at radius 2 is 2.00 bits per heavy atom. The fraction of sp³-hybridized carbons (Fsp3) is 0.417. The van der Waals surface area contributed by atoms with Crippen molar-refractivity contribution < 1.29 is 14.4 Å². The van der Waals surface area contributed by atoms with Gasteiger partial charge in [-0.25, -0.2) is 9.90 Å². The van der Waals surface area contributed by atoms with E-state index in [1.807, 2.05) is 37.3 Å². The first kappa shape index (κ1) is 12.7. The lowest BCUT2D eigenvalue weighted by Crippen LogP contribution is -2.25. The van der Waals surface area contributed by atoms with Gasteiger partial charge < -0.3 is 4.74 Å². The minimum Gasteiger partial charge on any atom is -0.345 e. The SMILES string of the molecule is CC(=O)N(C)OCOC(C)c1ccccc1. The van der Waals surface area contributed by atoms with Crippen LogP contribution in [0.2, 0.25) is 0 Å². The lowest BCUT2D eigenvalue weighted by atomic mass is 10.1. The molecule has 0 saturated carbocycles. The molecule has 0 aromatic heterocycles. The normalized spacial score (nSPS) is 12.2. The van der Waals surface area contributed by atoms with Crippen LogP contribution in [-0.2, 0) is 14.4 Å². The number of benzene rings is 1. The quantitative estimate of drug-likeness (QED) is 0.567. The minimum atomic E-state index is -0.157. The fourth-order valence-electron chi connectivity index (χ4n) is 1.12. The van der Waals surface area contributed by atoms with Crippen LogP contribution >= 0.6 is 0 Å². The Bertz CT molecular complexity index is 326. The summed E-state index contributed by atoms with van der Waals surface area (Å²) in [5, 5.41) is 1.15. The van der Waals surface area contributed by atoms with Gasteiger partial charge in [0.05, 0.1) is 6.10 Å². The standard InChI is InChI=1S/C12H17NO3/c1-10(12-7-5-4-6-8-12)15-9-16-13(3)11(2)14/h4-8,10H,9H2,1-3H3. The Morgan fingerprint density at radius 1 is 1.38 bits per heavy atom. The van der Waals surface area contributed by atoms with Crippen LogP contribution in [0.5, 0.6) is 0 Å². The predicted molar refractivity (Wildman–Crippen MR) is 60.3 cm³/mol. The molecule has 1 aromatic carbocycles. The Labute approximate surface area is 95.7 Å². The lowest BCUT2D eigenvalue weighted by Gasteiger charge is -2.17. The fourth-order valence-corrected chi connectivity index (χ4v) is 1.12. The summed E-state index contributed by atoms with van der Waals surface area (Å²) >= 11 is 0. The summed E-state index contributed by atoms with van der Waals surface area (Å²) in [5.41, 5.74) is 1.08. The smallest absolute Gasteiger partial charge is 0.242 e. The summed E-state index contributed by atoms with van der Waals surface area (Å²) in [6.07, 6.45) is -0.0541. The van der Waals surface area contributed by atoms with Crippen molar-refractivity contribution in [2.75, 3.05) is 13.8 Å². The van der Waals surface area contributed by atoms with Crippen molar-refractivity contribution in [3.8, 4) is 0 Å². The number of ether oxygens (including phenoxy) is 1. The van der Waals surface area contributed by atoms with Gasteiger partial charge in [-0.15, -0.1) is 0 Å². The van der Waals surface area contributed by atoms with E-state index >= 15 is 0 Å². The summed E-state index contributed by atoms with van der Waals surface area (Å²) in [6, 6.07) is 9.84. The topological polar surface area (TPSA) is 38.8 Å². The number of amides is 1. The van der Waals surface area contributed by atoms with Crippen molar-refractivity contribution in [3.63, 3.8) is 0 Å². The maximum absolute atomic E-state index is 10.8. The molecule has 0 radical (unpaired) electrons. The number of hydroxylamine groups is 2. The van der Waals surface area contributed by atoms with E-state index in [-0.39, 0.29) is 18.8 Å². The molecule has 0 N–H and O–H groups in total. The van der Waals surface area contributed by atoms with Crippen molar-refractivity contribution in [1.82, 2.24) is 5.06 Å². The summed E-state index contributed by atoms with van der Waals surface area (Å²) in [5.74, 6) is -0.157. The second-order valence-electron chi connectivity index (χ2n) is 3.48. The van der Waals surface area contributed by atoms with Crippen LogP contribution in [0.25, 0.3) is 0 Å². The van der Waals surface area contributed by atoms with Crippen LogP contribution in [0.3, 0.4) is 0 Å². The number of hydrogen-bond donors (Lipinski definition) is 0. The van der Waals surface area contributed by atoms with Gasteiger partial charge in [0.1, 0.15) is 0 Å². The van der Waals surface area contributed by atoms with Crippen LogP contribution < -0.4 is 0 Å². The minimum absolute atomic E-state index is 0.0541. The summed E-state index contributed by atoms with van der Waals surface area (Å²) in [6.45, 7) is 3.43. The Balaban J connectivity index is 2.31. The van der Waals surface area contributed by atoms with Gasteiger partial charge in [0.2, 0.25) is 5.91 Å². The molecule has 0 aliphatic carbocycles. The van der Waals surface area contributed by atoms with Crippen molar-refractivity contribution in [3.05, 3.63) is 35.9 Å². The number of hydrogen-bond acceptors (Lipinski definition) is 3. The van der Waals surface area contributed by atoms with E-state index in [1.165, 1.54) is 6.92 Å². The average molecular weight is 223 g/mol. The highest BCUT2D eigenvalue weighted by molar-refractivity contribution is 5.71. The third kappa shape index (κ3) is 4.00. The third-order valence-electron chi connectivity index (χ3n) is 2.28. The van der Waals surface area contributed by atoms with Crippen molar-refractivity contribution in [2.24, 2.45) is 0 Å². The monoisotopic (exact) mass is 223 g/mol. The van der Waals surface area contributed by atoms with Gasteiger partial charge >= 0.3 is 0 Å². The highest BCUT2D eigenvalue weighted by Crippen LogP contribution is 2.15. The molecular weight excluding hydrogens is 206 g/mol. The zero-order valence-electron chi connectivity index (χ0n) is 9.84. The number of rotatable bonds is 5. The Kier molecular flexibility index (Phi) is 4.95. The second kappa shape index (κ2) is 6.25. The van der Waals surface area contributed by atoms with E-state index in [0.29, 0.717) is 0 Å². The van der Waals surface area contributed by atoms with E-state index < -0.39 is 0 Å². The zero-order chi connectivity index (χ0) is 12.0. The number of carbonyl (C=O) groups is 1. The molecule has 1 amide bonds. The number of carbonyl (C=O) groups excluding carboxylic acids is 1. The van der Waals surface area contributed by atoms with Gasteiger partial charge in [-0.05, 0) is 12.5 Å². The summed E-state index contributed by atoms with van der Waals surface area (Å²) in [4.78, 5) is 15.9. The van der Waals surface area contributed by atoms with Gasteiger partial charge in [0.15, 0.2) is 6.79 Å². The first-order valence-corrected chi connectivity index (χ1v) is 5.15. The predicted octanol–water partition coefficient (Wildman–Crippen LogP) is 2.13. The molecule has 4 nitrogen and oxygen atoms in total. The van der Waals surface area contributed by atoms with Crippen molar-refractivity contribution in [2.45, 2.75) is 20.0 Å². The molecule has 0 bridgehead atoms. The molecule has 0 spiro atoms. The molecule has 0 aliphatic heterocycles. The molecule has 0 aliphatic rings. The van der Waals surface area contributed by atoms with E-state index in [1.54, 1.807) is 7.05 Å². The van der Waals surface area contributed by atoms with Crippen molar-refractivity contribution >= 4 is 5.91 Å². The Hall–Kier alpha value is -1.39. The molecule has 88 valence electrons. The first-order chi connectivity index (χ1) is 7.61. The largest absolute Gasteiger partial charge is 0.345 e. The lowest BCUT2D eigenvalue weighted by molar-refractivity contribution is -0.221. The molecule has 1 unspecified atom stereocenters. The van der Waals surface area contributed by atoms with Crippen LogP contribution in [0.15, 0.2) is 30.3 Å². The van der Waals surface area contributed by atoms with Crippen LogP contribution in [0.1, 0.15) is 25.5 Å². The molecular formula is C12H17NO3. The molecule has 0 heterocycles. The molecule has 1 rings (SSSR count). The molecule has 4 heteroatoms. The maximum atomic E-state index is 10.8. The molecule has 1 atom stereocenters. The Morgan fingerprint density at radius 3 is 2.56 bits per heavy atom. The van der Waals surface area contributed by atoms with Crippen molar-refractivity contribution in [1.29, 1.82) is 0 Å². The maximum Gasteiger partial charge on any atom is 0.242 e. The zero-order valence-corrected chi connectivity index (χ0v) is 9.84. The van der Waals surface area contributed by atoms with Gasteiger partial charge in [-0.2, -0.15) is 0 Å². The van der Waals surface area contributed by atoms with E-state index in [0.717, 1.165) is 10.6 Å². The van der Waals surface area contributed by atoms with E-state index in [2.05, 4.69) is 0 Å². The number of nitrogens with zero attached hydrogens (tertiary/aromatic N) is 1. The second-order valence-corrected chi connectivity index (χ2v) is 3.48. The third-order valence-corrected chi connectivity index (χ3v) is 2.28. The van der Waals surface area contributed by atoms with E-state index in [4.69, 9.17) is 9.57 Å². The molecule has 0 saturated heterocycles. The van der Waals surface area contributed by atoms with Crippen LogP contribution in [0, 0.1) is 0 Å². The summed E-state index contributed by atoms with van der Waals surface area (Å²) < 4.78 is 5.43.